The number of halogens is 3. The van der Waals surface area contributed by atoms with Crippen molar-refractivity contribution in [1.29, 1.82) is 0 Å². The molecule has 0 saturated heterocycles. The van der Waals surface area contributed by atoms with Gasteiger partial charge in [-0.2, -0.15) is 13.2 Å². The van der Waals surface area contributed by atoms with Crippen LogP contribution in [0.25, 0.3) is 5.57 Å². The second-order valence-corrected chi connectivity index (χ2v) is 19.3. The minimum Gasteiger partial charge on any atom is -0.410 e. The molecule has 1 fully saturated rings. The number of hydrogen-bond donors (Lipinski definition) is 1. The van der Waals surface area contributed by atoms with Crippen LogP contribution in [0.3, 0.4) is 0 Å². The van der Waals surface area contributed by atoms with E-state index in [1.165, 1.54) is 37.0 Å². The number of rotatable bonds is 6. The van der Waals surface area contributed by atoms with Gasteiger partial charge in [0.1, 0.15) is 6.10 Å². The summed E-state index contributed by atoms with van der Waals surface area (Å²) in [5.41, 5.74) is 6.07. The topological polar surface area (TPSA) is 42.4 Å². The van der Waals surface area contributed by atoms with E-state index in [2.05, 4.69) is 53.8 Å². The van der Waals surface area contributed by atoms with Crippen molar-refractivity contribution < 1.29 is 22.7 Å². The number of alkyl halides is 3. The first-order valence-corrected chi connectivity index (χ1v) is 18.2. The van der Waals surface area contributed by atoms with Crippen molar-refractivity contribution in [3.8, 4) is 0 Å². The van der Waals surface area contributed by atoms with Crippen molar-refractivity contribution in [3.63, 3.8) is 0 Å². The van der Waals surface area contributed by atoms with Crippen LogP contribution >= 0.6 is 0 Å². The third kappa shape index (κ3) is 5.71. The Morgan fingerprint density at radius 3 is 2.20 bits per heavy atom. The number of pyridine rings is 1. The number of hydrogen-bond acceptors (Lipinski definition) is 3. The lowest BCUT2D eigenvalue weighted by Crippen LogP contribution is -2.46. The van der Waals surface area contributed by atoms with Crippen LogP contribution in [0.2, 0.25) is 18.1 Å². The van der Waals surface area contributed by atoms with E-state index in [0.717, 1.165) is 72.3 Å². The second-order valence-electron chi connectivity index (χ2n) is 14.5. The lowest BCUT2D eigenvalue weighted by atomic mass is 9.59. The zero-order chi connectivity index (χ0) is 30.0. The highest BCUT2D eigenvalue weighted by atomic mass is 28.4. The third-order valence-electron chi connectivity index (χ3n) is 10.3. The molecule has 1 N–H and O–H groups in total. The van der Waals surface area contributed by atoms with E-state index < -0.39 is 26.2 Å². The lowest BCUT2D eigenvalue weighted by Gasteiger charge is -2.51. The van der Waals surface area contributed by atoms with Gasteiger partial charge >= 0.3 is 6.18 Å². The first kappa shape index (κ1) is 30.5. The monoisotopic (exact) mass is 585 g/mol. The number of aromatic nitrogens is 1. The Balaban J connectivity index is 1.73. The maximum Gasteiger partial charge on any atom is 0.416 e. The summed E-state index contributed by atoms with van der Waals surface area (Å²) in [4.78, 5) is 5.34. The molecule has 41 heavy (non-hydrogen) atoms. The summed E-state index contributed by atoms with van der Waals surface area (Å²) < 4.78 is 47.3. The second kappa shape index (κ2) is 10.6. The van der Waals surface area contributed by atoms with E-state index in [0.29, 0.717) is 5.56 Å². The summed E-state index contributed by atoms with van der Waals surface area (Å²) in [5, 5.41) is 12.0. The Hall–Kier alpha value is -1.96. The standard InChI is InChI=1S/C34H46F3NO2Si/c1-21(2)30-29(31(39)23-13-15-24(16-14-23)34(35,36)37)27(22-11-8-9-12-22)28-25(38-30)19-33(17-10-18-33)20-26(28)40-41(6,7)32(3,4)5/h11,13-16,21,26,31,39H,8-10,12,17-20H2,1-7H3/t26-,31?/m1/s1. The van der Waals surface area contributed by atoms with Gasteiger partial charge in [-0.05, 0) is 103 Å². The van der Waals surface area contributed by atoms with Gasteiger partial charge in [-0.25, -0.2) is 0 Å². The van der Waals surface area contributed by atoms with Gasteiger partial charge in [0.05, 0.1) is 11.7 Å². The molecule has 5 rings (SSSR count). The first-order chi connectivity index (χ1) is 19.0. The molecule has 1 aromatic carbocycles. The smallest absolute Gasteiger partial charge is 0.410 e. The summed E-state index contributed by atoms with van der Waals surface area (Å²) in [6.07, 6.45) is 5.13. The Bertz CT molecular complexity index is 1320. The number of nitrogens with zero attached hydrogens (tertiary/aromatic N) is 1. The van der Waals surface area contributed by atoms with E-state index >= 15 is 0 Å². The maximum absolute atomic E-state index is 13.3. The molecule has 0 bridgehead atoms. The fourth-order valence-corrected chi connectivity index (χ4v) is 8.03. The van der Waals surface area contributed by atoms with Gasteiger partial charge in [0, 0.05) is 22.5 Å². The number of aliphatic hydroxyl groups is 1. The molecule has 0 radical (unpaired) electrons. The molecule has 2 aromatic rings. The average Bonchev–Trinajstić information content (AvgIpc) is 3.39. The highest BCUT2D eigenvalue weighted by Gasteiger charge is 2.49. The summed E-state index contributed by atoms with van der Waals surface area (Å²) >= 11 is 0. The van der Waals surface area contributed by atoms with Crippen molar-refractivity contribution >= 4 is 13.9 Å². The highest BCUT2D eigenvalue weighted by molar-refractivity contribution is 6.74. The number of benzene rings is 1. The van der Waals surface area contributed by atoms with Gasteiger partial charge in [-0.3, -0.25) is 4.98 Å². The van der Waals surface area contributed by atoms with E-state index in [-0.39, 0.29) is 22.5 Å². The molecule has 0 aliphatic heterocycles. The zero-order valence-corrected chi connectivity index (χ0v) is 26.7. The largest absolute Gasteiger partial charge is 0.416 e. The number of allylic oxidation sites excluding steroid dienone is 2. The molecule has 7 heteroatoms. The summed E-state index contributed by atoms with van der Waals surface area (Å²) in [7, 11) is -2.16. The molecule has 224 valence electrons. The molecular weight excluding hydrogens is 539 g/mol. The van der Waals surface area contributed by atoms with Crippen molar-refractivity contribution in [2.75, 3.05) is 0 Å². The van der Waals surface area contributed by atoms with Gasteiger partial charge in [0.25, 0.3) is 0 Å². The van der Waals surface area contributed by atoms with Crippen molar-refractivity contribution in [2.45, 2.75) is 128 Å². The molecule has 3 nitrogen and oxygen atoms in total. The predicted octanol–water partition coefficient (Wildman–Crippen LogP) is 10.1. The molecule has 1 heterocycles. The van der Waals surface area contributed by atoms with Crippen LogP contribution in [0.4, 0.5) is 13.2 Å². The van der Waals surface area contributed by atoms with E-state index in [9.17, 15) is 18.3 Å². The molecule has 1 unspecified atom stereocenters. The van der Waals surface area contributed by atoms with Crippen LogP contribution < -0.4 is 0 Å². The maximum atomic E-state index is 13.3. The Labute approximate surface area is 244 Å². The molecular formula is C34H46F3NO2Si. The van der Waals surface area contributed by atoms with E-state index in [1.54, 1.807) is 0 Å². The van der Waals surface area contributed by atoms with Gasteiger partial charge in [0.15, 0.2) is 8.32 Å². The number of aliphatic hydroxyl groups excluding tert-OH is 1. The van der Waals surface area contributed by atoms with Crippen LogP contribution in [0.5, 0.6) is 0 Å². The van der Waals surface area contributed by atoms with Crippen LogP contribution in [0.15, 0.2) is 30.3 Å². The van der Waals surface area contributed by atoms with E-state index in [4.69, 9.17) is 9.41 Å². The Kier molecular flexibility index (Phi) is 7.91. The lowest BCUT2D eigenvalue weighted by molar-refractivity contribution is -0.137. The Morgan fingerprint density at radius 1 is 1.05 bits per heavy atom. The Morgan fingerprint density at radius 2 is 1.71 bits per heavy atom. The highest BCUT2D eigenvalue weighted by Crippen LogP contribution is 2.58. The zero-order valence-electron chi connectivity index (χ0n) is 25.7. The minimum absolute atomic E-state index is 0.0397. The summed E-state index contributed by atoms with van der Waals surface area (Å²) in [5.74, 6) is 0.0409. The molecule has 2 atom stereocenters. The van der Waals surface area contributed by atoms with Gasteiger partial charge < -0.3 is 9.53 Å². The molecule has 3 aliphatic carbocycles. The molecule has 1 saturated carbocycles. The van der Waals surface area contributed by atoms with Gasteiger partial charge in [-0.1, -0.05) is 59.2 Å². The SMILES string of the molecule is CC(C)c1nc2c(c(C3=CCCC3)c1C(O)c1ccc(C(F)(F)F)cc1)[C@H](O[Si](C)(C)C(C)(C)C)CC1(CCC1)C2. The first-order valence-electron chi connectivity index (χ1n) is 15.3. The molecule has 3 aliphatic rings. The van der Waals surface area contributed by atoms with Gasteiger partial charge in [-0.15, -0.1) is 0 Å². The van der Waals surface area contributed by atoms with Crippen LogP contribution in [0.1, 0.15) is 137 Å². The van der Waals surface area contributed by atoms with Crippen LogP contribution in [-0.4, -0.2) is 18.4 Å². The average molecular weight is 586 g/mol. The van der Waals surface area contributed by atoms with Crippen LogP contribution in [-0.2, 0) is 17.0 Å². The van der Waals surface area contributed by atoms with Gasteiger partial charge in [0.2, 0.25) is 0 Å². The van der Waals surface area contributed by atoms with Crippen LogP contribution in [0, 0.1) is 5.41 Å². The fraction of sp³-hybridized carbons (Fsp3) is 0.618. The summed E-state index contributed by atoms with van der Waals surface area (Å²) in [6, 6.07) is 4.96. The van der Waals surface area contributed by atoms with Crippen molar-refractivity contribution in [2.24, 2.45) is 5.41 Å². The third-order valence-corrected chi connectivity index (χ3v) is 14.7. The molecule has 1 aromatic heterocycles. The van der Waals surface area contributed by atoms with Crippen molar-refractivity contribution in [3.05, 3.63) is 69.5 Å². The van der Waals surface area contributed by atoms with Crippen molar-refractivity contribution in [1.82, 2.24) is 4.98 Å². The molecule has 1 spiro atoms. The van der Waals surface area contributed by atoms with E-state index in [1.807, 2.05) is 0 Å². The number of fused-ring (bicyclic) bond motifs is 1. The normalized spacial score (nSPS) is 21.6. The minimum atomic E-state index is -4.43. The quantitative estimate of drug-likeness (QED) is 0.343. The predicted molar refractivity (Wildman–Crippen MR) is 161 cm³/mol. The fourth-order valence-electron chi connectivity index (χ4n) is 6.76. The molecule has 0 amide bonds. The summed E-state index contributed by atoms with van der Waals surface area (Å²) in [6.45, 7) is 15.6.